The fraction of sp³-hybridized carbons (Fsp3) is 0.355. The van der Waals surface area contributed by atoms with Crippen LogP contribution >= 0.6 is 11.8 Å². The number of furan rings is 1. The Morgan fingerprint density at radius 2 is 1.84 bits per heavy atom. The fourth-order valence-corrected chi connectivity index (χ4v) is 7.30. The van der Waals surface area contributed by atoms with E-state index in [1.807, 2.05) is 48.5 Å². The molecule has 6 nitrogen and oxygen atoms in total. The van der Waals surface area contributed by atoms with Crippen molar-refractivity contribution < 1.29 is 18.7 Å². The average molecular weight is 529 g/mol. The summed E-state index contributed by atoms with van der Waals surface area (Å²) in [7, 11) is 1.58. The summed E-state index contributed by atoms with van der Waals surface area (Å²) >= 11 is 1.39. The molecule has 0 spiro atoms. The quantitative estimate of drug-likeness (QED) is 0.244. The maximum Gasteiger partial charge on any atom is 0.256 e. The van der Waals surface area contributed by atoms with Gasteiger partial charge in [0, 0.05) is 27.8 Å². The monoisotopic (exact) mass is 528 g/mol. The molecule has 7 heteroatoms. The molecular formula is C31H32N2O4S. The van der Waals surface area contributed by atoms with E-state index in [4.69, 9.17) is 9.15 Å². The number of carbonyl (C=O) groups is 2. The molecule has 0 aliphatic heterocycles. The number of nitrogens with one attached hydrogen (secondary N) is 2. The number of anilines is 1. The minimum Gasteiger partial charge on any atom is -0.495 e. The second-order valence-electron chi connectivity index (χ2n) is 10.6. The second-order valence-corrected chi connectivity index (χ2v) is 11.6. The van der Waals surface area contributed by atoms with Crippen LogP contribution in [0, 0.1) is 17.8 Å². The Kier molecular flexibility index (Phi) is 6.78. The molecule has 4 atom stereocenters. The third-order valence-electron chi connectivity index (χ3n) is 8.26. The Hall–Kier alpha value is -3.45. The minimum atomic E-state index is -0.266. The van der Waals surface area contributed by atoms with Gasteiger partial charge in [-0.1, -0.05) is 36.8 Å². The Morgan fingerprint density at radius 3 is 2.63 bits per heavy atom. The van der Waals surface area contributed by atoms with Gasteiger partial charge in [0.05, 0.1) is 24.1 Å². The van der Waals surface area contributed by atoms with Crippen LogP contribution in [0.2, 0.25) is 0 Å². The average Bonchev–Trinajstić information content (AvgIpc) is 3.66. The van der Waals surface area contributed by atoms with Crippen LogP contribution in [0.1, 0.15) is 43.0 Å². The molecule has 2 bridgehead atoms. The number of carbonyl (C=O) groups excluding carboxylic acids is 2. The predicted octanol–water partition coefficient (Wildman–Crippen LogP) is 6.88. The van der Waals surface area contributed by atoms with Gasteiger partial charge in [-0.25, -0.2) is 0 Å². The molecule has 4 unspecified atom stereocenters. The van der Waals surface area contributed by atoms with Gasteiger partial charge in [0.1, 0.15) is 16.9 Å². The Balaban J connectivity index is 1.15. The molecular weight excluding hydrogens is 496 g/mol. The van der Waals surface area contributed by atoms with Gasteiger partial charge in [-0.05, 0) is 68.2 Å². The van der Waals surface area contributed by atoms with E-state index in [2.05, 4.69) is 17.6 Å². The number of thioether (sulfide) groups is 1. The van der Waals surface area contributed by atoms with Gasteiger partial charge in [0.25, 0.3) is 5.91 Å². The molecule has 196 valence electrons. The first-order valence-corrected chi connectivity index (χ1v) is 14.3. The van der Waals surface area contributed by atoms with Gasteiger partial charge in [-0.2, -0.15) is 0 Å². The molecule has 0 saturated heterocycles. The first-order chi connectivity index (χ1) is 18.5. The third-order valence-corrected chi connectivity index (χ3v) is 9.33. The highest BCUT2D eigenvalue weighted by Crippen LogP contribution is 2.49. The summed E-state index contributed by atoms with van der Waals surface area (Å²) in [6, 6.07) is 19.1. The standard InChI is InChI=1S/C31H32N2O4S/c1-18(23-14-19-11-12-20(23)13-19)32-30(34)17-38-29-10-6-4-8-22(29)31(35)33-25-16-27-24(15-28(25)36-2)21-7-3-5-9-26(21)37-27/h3-10,15-16,18-20,23H,11-14,17H2,1-2H3,(H,32,34)(H,33,35). The SMILES string of the molecule is COc1cc2c(cc1NC(=O)c1ccccc1SCC(=O)NC(C)C1CC3CCC1C3)oc1ccccc12. The van der Waals surface area contributed by atoms with Gasteiger partial charge in [0.2, 0.25) is 5.91 Å². The van der Waals surface area contributed by atoms with Crippen LogP contribution in [-0.2, 0) is 4.79 Å². The molecule has 3 aromatic carbocycles. The van der Waals surface area contributed by atoms with Crippen molar-refractivity contribution in [2.45, 2.75) is 43.5 Å². The van der Waals surface area contributed by atoms with Crippen LogP contribution in [-0.4, -0.2) is 30.7 Å². The predicted molar refractivity (Wildman–Crippen MR) is 152 cm³/mol. The number of amides is 2. The van der Waals surface area contributed by atoms with Gasteiger partial charge in [-0.15, -0.1) is 11.8 Å². The highest BCUT2D eigenvalue weighted by atomic mass is 32.2. The number of hydrogen-bond acceptors (Lipinski definition) is 5. The molecule has 2 fully saturated rings. The smallest absolute Gasteiger partial charge is 0.256 e. The molecule has 38 heavy (non-hydrogen) atoms. The minimum absolute atomic E-state index is 0.0116. The van der Waals surface area contributed by atoms with E-state index in [1.165, 1.54) is 37.4 Å². The topological polar surface area (TPSA) is 80.6 Å². The van der Waals surface area contributed by atoms with Crippen LogP contribution in [0.4, 0.5) is 5.69 Å². The molecule has 4 aromatic rings. The molecule has 2 amide bonds. The van der Waals surface area contributed by atoms with Crippen LogP contribution in [0.25, 0.3) is 21.9 Å². The molecule has 6 rings (SSSR count). The summed E-state index contributed by atoms with van der Waals surface area (Å²) in [5.74, 6) is 2.79. The molecule has 2 aliphatic carbocycles. The number of benzene rings is 3. The number of ether oxygens (including phenoxy) is 1. The molecule has 0 radical (unpaired) electrons. The highest BCUT2D eigenvalue weighted by molar-refractivity contribution is 8.00. The van der Waals surface area contributed by atoms with Crippen LogP contribution in [0.3, 0.4) is 0 Å². The molecule has 1 aromatic heterocycles. The van der Waals surface area contributed by atoms with E-state index in [-0.39, 0.29) is 23.6 Å². The zero-order valence-corrected chi connectivity index (χ0v) is 22.5. The van der Waals surface area contributed by atoms with Crippen LogP contribution < -0.4 is 15.4 Å². The van der Waals surface area contributed by atoms with Gasteiger partial charge in [0.15, 0.2) is 0 Å². The van der Waals surface area contributed by atoms with Crippen LogP contribution in [0.5, 0.6) is 5.75 Å². The third kappa shape index (κ3) is 4.75. The highest BCUT2D eigenvalue weighted by Gasteiger charge is 2.42. The van der Waals surface area contributed by atoms with Crippen molar-refractivity contribution in [3.05, 3.63) is 66.2 Å². The number of para-hydroxylation sites is 1. The zero-order valence-electron chi connectivity index (χ0n) is 21.7. The number of fused-ring (bicyclic) bond motifs is 5. The molecule has 2 N–H and O–H groups in total. The number of rotatable bonds is 8. The maximum atomic E-state index is 13.4. The molecule has 2 aliphatic rings. The summed E-state index contributed by atoms with van der Waals surface area (Å²) < 4.78 is 11.6. The van der Waals surface area contributed by atoms with Crippen LogP contribution in [0.15, 0.2) is 70.0 Å². The molecule has 1 heterocycles. The van der Waals surface area contributed by atoms with Gasteiger partial charge >= 0.3 is 0 Å². The van der Waals surface area contributed by atoms with E-state index in [1.54, 1.807) is 19.2 Å². The van der Waals surface area contributed by atoms with E-state index in [0.29, 0.717) is 28.5 Å². The van der Waals surface area contributed by atoms with E-state index >= 15 is 0 Å². The second kappa shape index (κ2) is 10.4. The Labute approximate surface area is 226 Å². The van der Waals surface area contributed by atoms with Crippen molar-refractivity contribution in [1.82, 2.24) is 5.32 Å². The van der Waals surface area contributed by atoms with Crippen molar-refractivity contribution in [1.29, 1.82) is 0 Å². The van der Waals surface area contributed by atoms with Gasteiger partial charge in [-0.3, -0.25) is 9.59 Å². The van der Waals surface area contributed by atoms with Crippen molar-refractivity contribution >= 4 is 51.2 Å². The van der Waals surface area contributed by atoms with Gasteiger partial charge < -0.3 is 19.8 Å². The lowest BCUT2D eigenvalue weighted by atomic mass is 9.84. The summed E-state index contributed by atoms with van der Waals surface area (Å²) in [6.45, 7) is 2.14. The number of hydrogen-bond donors (Lipinski definition) is 2. The van der Waals surface area contributed by atoms with E-state index in [9.17, 15) is 9.59 Å². The molecule has 2 saturated carbocycles. The lowest BCUT2D eigenvalue weighted by Gasteiger charge is -2.28. The fourth-order valence-electron chi connectivity index (χ4n) is 6.44. The number of methoxy groups -OCH3 is 1. The summed E-state index contributed by atoms with van der Waals surface area (Å²) in [5, 5.41) is 8.13. The normalized spacial score (nSPS) is 21.1. The summed E-state index contributed by atoms with van der Waals surface area (Å²) in [5.41, 5.74) is 2.49. The van der Waals surface area contributed by atoms with Crippen molar-refractivity contribution in [3.8, 4) is 5.75 Å². The lowest BCUT2D eigenvalue weighted by molar-refractivity contribution is -0.119. The van der Waals surface area contributed by atoms with Crippen molar-refractivity contribution in [2.24, 2.45) is 17.8 Å². The largest absolute Gasteiger partial charge is 0.495 e. The first-order valence-electron chi connectivity index (χ1n) is 13.3. The maximum absolute atomic E-state index is 13.4. The van der Waals surface area contributed by atoms with Crippen molar-refractivity contribution in [2.75, 3.05) is 18.2 Å². The van der Waals surface area contributed by atoms with E-state index in [0.717, 1.165) is 33.1 Å². The Bertz CT molecular complexity index is 1510. The summed E-state index contributed by atoms with van der Waals surface area (Å²) in [6.07, 6.45) is 5.23. The Morgan fingerprint density at radius 1 is 1.03 bits per heavy atom. The van der Waals surface area contributed by atoms with E-state index < -0.39 is 0 Å². The zero-order chi connectivity index (χ0) is 26.2. The van der Waals surface area contributed by atoms with Crippen molar-refractivity contribution in [3.63, 3.8) is 0 Å². The first kappa shape index (κ1) is 24.9. The lowest BCUT2D eigenvalue weighted by Crippen LogP contribution is -2.40. The summed E-state index contributed by atoms with van der Waals surface area (Å²) in [4.78, 5) is 26.9.